The summed E-state index contributed by atoms with van der Waals surface area (Å²) >= 11 is 2.03. The first-order valence-electron chi connectivity index (χ1n) is 6.67. The third-order valence-corrected chi connectivity index (χ3v) is 3.16. The molecule has 6 heteroatoms. The van der Waals surface area contributed by atoms with Crippen LogP contribution in [0.5, 0.6) is 0 Å². The van der Waals surface area contributed by atoms with Crippen LogP contribution in [0.1, 0.15) is 40.0 Å². The molecule has 0 bridgehead atoms. The van der Waals surface area contributed by atoms with Gasteiger partial charge in [0.25, 0.3) is 0 Å². The van der Waals surface area contributed by atoms with Gasteiger partial charge in [-0.3, -0.25) is 4.79 Å². The van der Waals surface area contributed by atoms with Gasteiger partial charge in [-0.25, -0.2) is 4.79 Å². The standard InChI is InChI=1S/C14H21IN2O3/c1-14(2,3)20-13(19)16-9-12(18)17-11-5-4-10(8-11)6-7-15/h10-11H,4-5,8-9H2,1-3H3,(H,16,19)(H,17,18). The molecule has 0 aliphatic heterocycles. The van der Waals surface area contributed by atoms with E-state index in [0.29, 0.717) is 5.92 Å². The van der Waals surface area contributed by atoms with Crippen molar-refractivity contribution in [3.63, 3.8) is 0 Å². The maximum absolute atomic E-state index is 11.7. The molecular formula is C14H21IN2O3. The number of amides is 2. The highest BCUT2D eigenvalue weighted by Crippen LogP contribution is 2.24. The molecule has 0 radical (unpaired) electrons. The SMILES string of the molecule is CC(C)(C)OC(=O)NCC(=O)NC1CCC(C#CI)C1. The second-order valence-electron chi connectivity index (χ2n) is 5.87. The summed E-state index contributed by atoms with van der Waals surface area (Å²) in [6, 6.07) is 0.158. The Labute approximate surface area is 133 Å². The summed E-state index contributed by atoms with van der Waals surface area (Å²) in [6.07, 6.45) is 2.26. The van der Waals surface area contributed by atoms with Gasteiger partial charge in [0.05, 0.1) is 0 Å². The van der Waals surface area contributed by atoms with Crippen molar-refractivity contribution in [1.82, 2.24) is 10.6 Å². The van der Waals surface area contributed by atoms with E-state index in [1.165, 1.54) is 0 Å². The molecule has 0 saturated heterocycles. The highest BCUT2D eigenvalue weighted by atomic mass is 127. The quantitative estimate of drug-likeness (QED) is 0.572. The zero-order chi connectivity index (χ0) is 15.2. The minimum atomic E-state index is -0.576. The summed E-state index contributed by atoms with van der Waals surface area (Å²) in [5, 5.41) is 5.35. The summed E-state index contributed by atoms with van der Waals surface area (Å²) < 4.78 is 7.94. The van der Waals surface area contributed by atoms with Crippen molar-refractivity contribution in [2.24, 2.45) is 5.92 Å². The molecule has 1 fully saturated rings. The Morgan fingerprint density at radius 1 is 1.35 bits per heavy atom. The second-order valence-corrected chi connectivity index (χ2v) is 6.41. The third-order valence-electron chi connectivity index (χ3n) is 2.85. The van der Waals surface area contributed by atoms with Gasteiger partial charge >= 0.3 is 6.09 Å². The molecule has 5 nitrogen and oxygen atoms in total. The van der Waals surface area contributed by atoms with Crippen LogP contribution in [0.4, 0.5) is 4.79 Å². The summed E-state index contributed by atoms with van der Waals surface area (Å²) in [6.45, 7) is 5.27. The molecule has 1 aliphatic rings. The molecule has 2 atom stereocenters. The third kappa shape index (κ3) is 6.98. The number of hydrogen-bond donors (Lipinski definition) is 2. The molecule has 2 N–H and O–H groups in total. The molecule has 0 aromatic heterocycles. The van der Waals surface area contributed by atoms with E-state index in [1.54, 1.807) is 20.8 Å². The van der Waals surface area contributed by atoms with Gasteiger partial charge in [0.1, 0.15) is 12.1 Å². The molecule has 112 valence electrons. The number of carbonyl (C=O) groups is 2. The van der Waals surface area contributed by atoms with Gasteiger partial charge in [-0.1, -0.05) is 5.92 Å². The zero-order valence-electron chi connectivity index (χ0n) is 12.1. The monoisotopic (exact) mass is 392 g/mol. The lowest BCUT2D eigenvalue weighted by Gasteiger charge is -2.20. The van der Waals surface area contributed by atoms with Crippen molar-refractivity contribution < 1.29 is 14.3 Å². The van der Waals surface area contributed by atoms with Crippen LogP contribution in [-0.2, 0) is 9.53 Å². The van der Waals surface area contributed by atoms with Crippen molar-refractivity contribution >= 4 is 34.6 Å². The van der Waals surface area contributed by atoms with Crippen molar-refractivity contribution in [3.05, 3.63) is 0 Å². The lowest BCUT2D eigenvalue weighted by Crippen LogP contribution is -2.42. The smallest absolute Gasteiger partial charge is 0.408 e. The fourth-order valence-electron chi connectivity index (χ4n) is 2.07. The van der Waals surface area contributed by atoms with E-state index in [4.69, 9.17) is 4.74 Å². The van der Waals surface area contributed by atoms with Gasteiger partial charge in [-0.15, -0.1) is 0 Å². The van der Waals surface area contributed by atoms with Crippen molar-refractivity contribution in [2.75, 3.05) is 6.54 Å². The minimum Gasteiger partial charge on any atom is -0.444 e. The number of carbonyl (C=O) groups excluding carboxylic acids is 2. The van der Waals surface area contributed by atoms with E-state index in [2.05, 4.69) is 20.5 Å². The predicted molar refractivity (Wildman–Crippen MR) is 85.3 cm³/mol. The molecule has 0 heterocycles. The van der Waals surface area contributed by atoms with E-state index >= 15 is 0 Å². The highest BCUT2D eigenvalue weighted by molar-refractivity contribution is 14.1. The second kappa shape index (κ2) is 7.72. The number of hydrogen-bond acceptors (Lipinski definition) is 3. The molecule has 1 saturated carbocycles. The Morgan fingerprint density at radius 3 is 2.65 bits per heavy atom. The van der Waals surface area contributed by atoms with Gasteiger partial charge in [0.15, 0.2) is 0 Å². The van der Waals surface area contributed by atoms with Gasteiger partial charge in [-0.2, -0.15) is 0 Å². The summed E-state index contributed by atoms with van der Waals surface area (Å²) in [5.41, 5.74) is -0.558. The first kappa shape index (κ1) is 17.1. The zero-order valence-corrected chi connectivity index (χ0v) is 14.2. The minimum absolute atomic E-state index is 0.0615. The molecule has 20 heavy (non-hydrogen) atoms. The molecular weight excluding hydrogens is 371 g/mol. The van der Waals surface area contributed by atoms with Crippen LogP contribution in [0.15, 0.2) is 0 Å². The fourth-order valence-corrected chi connectivity index (χ4v) is 2.51. The molecule has 0 aromatic carbocycles. The lowest BCUT2D eigenvalue weighted by atomic mass is 10.1. The van der Waals surface area contributed by atoms with E-state index in [0.717, 1.165) is 19.3 Å². The lowest BCUT2D eigenvalue weighted by molar-refractivity contribution is -0.120. The Balaban J connectivity index is 2.24. The van der Waals surface area contributed by atoms with Gasteiger partial charge in [0, 0.05) is 34.6 Å². The fraction of sp³-hybridized carbons (Fsp3) is 0.714. The molecule has 1 rings (SSSR count). The normalized spacial score (nSPS) is 21.6. The first-order chi connectivity index (χ1) is 9.30. The van der Waals surface area contributed by atoms with Gasteiger partial charge < -0.3 is 15.4 Å². The number of rotatable bonds is 3. The number of nitrogens with one attached hydrogen (secondary N) is 2. The van der Waals surface area contributed by atoms with E-state index in [1.807, 2.05) is 22.6 Å². The highest BCUT2D eigenvalue weighted by Gasteiger charge is 2.24. The van der Waals surface area contributed by atoms with E-state index in [9.17, 15) is 9.59 Å². The van der Waals surface area contributed by atoms with Crippen LogP contribution in [0.3, 0.4) is 0 Å². The van der Waals surface area contributed by atoms with Crippen molar-refractivity contribution in [1.29, 1.82) is 0 Å². The van der Waals surface area contributed by atoms with Crippen LogP contribution >= 0.6 is 22.6 Å². The van der Waals surface area contributed by atoms with Crippen molar-refractivity contribution in [2.45, 2.75) is 51.7 Å². The van der Waals surface area contributed by atoms with Gasteiger partial charge in [-0.05, 0) is 44.0 Å². The molecule has 2 amide bonds. The Bertz CT molecular complexity index is 420. The largest absolute Gasteiger partial charge is 0.444 e. The Hall–Kier alpha value is -0.970. The topological polar surface area (TPSA) is 67.4 Å². The van der Waals surface area contributed by atoms with E-state index in [-0.39, 0.29) is 18.5 Å². The van der Waals surface area contributed by atoms with Crippen LogP contribution < -0.4 is 10.6 Å². The maximum atomic E-state index is 11.7. The number of halogens is 1. The van der Waals surface area contributed by atoms with Crippen LogP contribution in [0.2, 0.25) is 0 Å². The summed E-state index contributed by atoms with van der Waals surface area (Å²) in [5.74, 6) is 3.30. The molecule has 2 unspecified atom stereocenters. The summed E-state index contributed by atoms with van der Waals surface area (Å²) in [7, 11) is 0. The molecule has 1 aliphatic carbocycles. The van der Waals surface area contributed by atoms with Crippen LogP contribution in [0, 0.1) is 15.8 Å². The molecule has 0 spiro atoms. The number of ether oxygens (including phenoxy) is 1. The maximum Gasteiger partial charge on any atom is 0.408 e. The van der Waals surface area contributed by atoms with E-state index < -0.39 is 11.7 Å². The summed E-state index contributed by atoms with van der Waals surface area (Å²) in [4.78, 5) is 23.1. The predicted octanol–water partition coefficient (Wildman–Crippen LogP) is 2.19. The Kier molecular flexibility index (Phi) is 6.59. The Morgan fingerprint density at radius 2 is 2.05 bits per heavy atom. The average Bonchev–Trinajstić information content (AvgIpc) is 2.72. The average molecular weight is 392 g/mol. The molecule has 0 aromatic rings. The van der Waals surface area contributed by atoms with Gasteiger partial charge in [0.2, 0.25) is 5.91 Å². The van der Waals surface area contributed by atoms with Crippen LogP contribution in [0.25, 0.3) is 0 Å². The van der Waals surface area contributed by atoms with Crippen LogP contribution in [-0.4, -0.2) is 30.2 Å². The first-order valence-corrected chi connectivity index (χ1v) is 7.75. The van der Waals surface area contributed by atoms with Crippen molar-refractivity contribution in [3.8, 4) is 9.85 Å². The number of alkyl carbamates (subject to hydrolysis) is 1.